The molecular formula is C16H22N2O2. The van der Waals surface area contributed by atoms with Crippen molar-refractivity contribution in [3.05, 3.63) is 42.3 Å². The van der Waals surface area contributed by atoms with Crippen molar-refractivity contribution in [3.8, 4) is 11.5 Å². The summed E-state index contributed by atoms with van der Waals surface area (Å²) in [5.41, 5.74) is 1.90. The number of nitrogens with one attached hydrogen (secondary N) is 1. The molecule has 0 aliphatic carbocycles. The van der Waals surface area contributed by atoms with Crippen LogP contribution in [0.3, 0.4) is 0 Å². The van der Waals surface area contributed by atoms with E-state index >= 15 is 0 Å². The minimum atomic E-state index is 0.252. The summed E-state index contributed by atoms with van der Waals surface area (Å²) < 4.78 is 5.49. The number of rotatable bonds is 8. The normalized spacial score (nSPS) is 12.5. The lowest BCUT2D eigenvalue weighted by atomic mass is 10.0. The molecule has 0 aliphatic rings. The van der Waals surface area contributed by atoms with Gasteiger partial charge >= 0.3 is 0 Å². The van der Waals surface area contributed by atoms with E-state index in [-0.39, 0.29) is 6.61 Å². The number of aromatic nitrogens is 1. The molecule has 20 heavy (non-hydrogen) atoms. The van der Waals surface area contributed by atoms with Crippen LogP contribution in [0.25, 0.3) is 11.5 Å². The van der Waals surface area contributed by atoms with Crippen LogP contribution in [0.5, 0.6) is 0 Å². The highest BCUT2D eigenvalue weighted by Crippen LogP contribution is 2.17. The molecular weight excluding hydrogens is 252 g/mol. The van der Waals surface area contributed by atoms with Gasteiger partial charge < -0.3 is 14.8 Å². The molecule has 0 radical (unpaired) electrons. The van der Waals surface area contributed by atoms with Crippen LogP contribution in [0.15, 0.2) is 41.0 Å². The summed E-state index contributed by atoms with van der Waals surface area (Å²) in [6, 6.07) is 9.88. The van der Waals surface area contributed by atoms with E-state index < -0.39 is 0 Å². The van der Waals surface area contributed by atoms with Crippen molar-refractivity contribution in [1.29, 1.82) is 0 Å². The highest BCUT2D eigenvalue weighted by molar-refractivity contribution is 5.52. The molecule has 0 saturated carbocycles. The second-order valence-electron chi connectivity index (χ2n) is 4.93. The van der Waals surface area contributed by atoms with Gasteiger partial charge in [0.05, 0.1) is 5.69 Å². The third-order valence-electron chi connectivity index (χ3n) is 3.43. The summed E-state index contributed by atoms with van der Waals surface area (Å²) in [5.74, 6) is 1.17. The van der Waals surface area contributed by atoms with Gasteiger partial charge in [-0.05, 0) is 31.0 Å². The maximum Gasteiger partial charge on any atom is 0.226 e. The maximum absolute atomic E-state index is 8.96. The van der Waals surface area contributed by atoms with Crippen LogP contribution in [-0.2, 0) is 6.54 Å². The van der Waals surface area contributed by atoms with Crippen molar-refractivity contribution >= 4 is 0 Å². The minimum absolute atomic E-state index is 0.252. The fourth-order valence-electron chi connectivity index (χ4n) is 2.14. The maximum atomic E-state index is 8.96. The molecule has 1 heterocycles. The van der Waals surface area contributed by atoms with E-state index in [1.807, 2.05) is 30.3 Å². The fraction of sp³-hybridized carbons (Fsp3) is 0.438. The smallest absolute Gasteiger partial charge is 0.226 e. The summed E-state index contributed by atoms with van der Waals surface area (Å²) in [7, 11) is 0. The molecule has 2 rings (SSSR count). The lowest BCUT2D eigenvalue weighted by molar-refractivity contribution is 0.251. The highest BCUT2D eigenvalue weighted by Gasteiger charge is 2.08. The van der Waals surface area contributed by atoms with Crippen molar-refractivity contribution in [2.75, 3.05) is 13.2 Å². The van der Waals surface area contributed by atoms with Gasteiger partial charge in [-0.15, -0.1) is 0 Å². The highest BCUT2D eigenvalue weighted by atomic mass is 16.3. The summed E-state index contributed by atoms with van der Waals surface area (Å²) in [4.78, 5) is 4.47. The Balaban J connectivity index is 1.84. The molecule has 4 heteroatoms. The Labute approximate surface area is 119 Å². The van der Waals surface area contributed by atoms with Gasteiger partial charge in [-0.25, -0.2) is 4.98 Å². The first-order chi connectivity index (χ1) is 9.83. The first-order valence-corrected chi connectivity index (χ1v) is 7.15. The Morgan fingerprint density at radius 3 is 2.80 bits per heavy atom. The zero-order valence-corrected chi connectivity index (χ0v) is 11.9. The van der Waals surface area contributed by atoms with Gasteiger partial charge in [-0.3, -0.25) is 0 Å². The van der Waals surface area contributed by atoms with Crippen molar-refractivity contribution < 1.29 is 9.52 Å². The van der Waals surface area contributed by atoms with E-state index in [9.17, 15) is 0 Å². The van der Waals surface area contributed by atoms with E-state index in [4.69, 9.17) is 9.52 Å². The molecule has 1 unspecified atom stereocenters. The summed E-state index contributed by atoms with van der Waals surface area (Å²) in [6.07, 6.45) is 3.61. The fourth-order valence-corrected chi connectivity index (χ4v) is 2.14. The molecule has 0 bridgehead atoms. The molecule has 4 nitrogen and oxygen atoms in total. The molecule has 1 aromatic carbocycles. The third-order valence-corrected chi connectivity index (χ3v) is 3.43. The monoisotopic (exact) mass is 274 g/mol. The van der Waals surface area contributed by atoms with Crippen LogP contribution in [0.1, 0.15) is 25.5 Å². The first kappa shape index (κ1) is 14.8. The number of nitrogens with zero attached hydrogens (tertiary/aromatic N) is 1. The third kappa shape index (κ3) is 4.18. The predicted molar refractivity (Wildman–Crippen MR) is 79.1 cm³/mol. The first-order valence-electron chi connectivity index (χ1n) is 7.15. The lowest BCUT2D eigenvalue weighted by Crippen LogP contribution is -2.23. The number of hydrogen-bond acceptors (Lipinski definition) is 4. The van der Waals surface area contributed by atoms with Gasteiger partial charge in [0, 0.05) is 18.7 Å². The van der Waals surface area contributed by atoms with E-state index in [2.05, 4.69) is 17.2 Å². The van der Waals surface area contributed by atoms with Crippen LogP contribution < -0.4 is 5.32 Å². The molecule has 1 aromatic heterocycles. The zero-order chi connectivity index (χ0) is 14.2. The van der Waals surface area contributed by atoms with Gasteiger partial charge in [-0.2, -0.15) is 0 Å². The number of benzene rings is 1. The molecule has 1 atom stereocenters. The van der Waals surface area contributed by atoms with Crippen LogP contribution in [0, 0.1) is 5.92 Å². The van der Waals surface area contributed by atoms with Crippen molar-refractivity contribution in [3.63, 3.8) is 0 Å². The quantitative estimate of drug-likeness (QED) is 0.777. The Kier molecular flexibility index (Phi) is 5.77. The summed E-state index contributed by atoms with van der Waals surface area (Å²) in [6.45, 7) is 3.98. The van der Waals surface area contributed by atoms with E-state index in [1.165, 1.54) is 0 Å². The molecule has 0 spiro atoms. The van der Waals surface area contributed by atoms with E-state index in [0.29, 0.717) is 18.4 Å². The number of hydrogen-bond donors (Lipinski definition) is 2. The Morgan fingerprint density at radius 1 is 1.30 bits per heavy atom. The topological polar surface area (TPSA) is 58.3 Å². The van der Waals surface area contributed by atoms with Crippen molar-refractivity contribution in [2.24, 2.45) is 5.92 Å². The van der Waals surface area contributed by atoms with E-state index in [1.54, 1.807) is 6.26 Å². The molecule has 2 aromatic rings. The van der Waals surface area contributed by atoms with E-state index in [0.717, 1.165) is 30.6 Å². The molecule has 0 saturated heterocycles. The Bertz CT molecular complexity index is 496. The van der Waals surface area contributed by atoms with Gasteiger partial charge in [0.25, 0.3) is 0 Å². The molecule has 0 fully saturated rings. The second-order valence-corrected chi connectivity index (χ2v) is 4.93. The number of aliphatic hydroxyl groups is 1. The molecule has 0 aliphatic heterocycles. The predicted octanol–water partition coefficient (Wildman–Crippen LogP) is 2.84. The summed E-state index contributed by atoms with van der Waals surface area (Å²) in [5, 5.41) is 12.3. The Hall–Kier alpha value is -1.65. The van der Waals surface area contributed by atoms with Crippen molar-refractivity contribution in [2.45, 2.75) is 26.3 Å². The number of aliphatic hydroxyl groups excluding tert-OH is 1. The summed E-state index contributed by atoms with van der Waals surface area (Å²) >= 11 is 0. The Morgan fingerprint density at radius 2 is 2.10 bits per heavy atom. The van der Waals surface area contributed by atoms with Gasteiger partial charge in [0.2, 0.25) is 5.89 Å². The minimum Gasteiger partial charge on any atom is -0.444 e. The molecule has 108 valence electrons. The standard InChI is InChI=1S/C16H22N2O2/c1-2-13(8-9-19)10-17-11-15-12-20-16(18-15)14-6-4-3-5-7-14/h3-7,12-13,17,19H,2,8-11H2,1H3. The SMILES string of the molecule is CCC(CCO)CNCc1coc(-c2ccccc2)n1. The van der Waals surface area contributed by atoms with Gasteiger partial charge in [0.1, 0.15) is 6.26 Å². The van der Waals surface area contributed by atoms with Crippen LogP contribution in [-0.4, -0.2) is 23.2 Å². The average Bonchev–Trinajstić information content (AvgIpc) is 2.96. The van der Waals surface area contributed by atoms with Crippen LogP contribution in [0.2, 0.25) is 0 Å². The van der Waals surface area contributed by atoms with Gasteiger partial charge in [-0.1, -0.05) is 31.5 Å². The van der Waals surface area contributed by atoms with Crippen LogP contribution >= 0.6 is 0 Å². The zero-order valence-electron chi connectivity index (χ0n) is 11.9. The lowest BCUT2D eigenvalue weighted by Gasteiger charge is -2.13. The number of oxazole rings is 1. The largest absolute Gasteiger partial charge is 0.444 e. The van der Waals surface area contributed by atoms with Crippen molar-refractivity contribution in [1.82, 2.24) is 10.3 Å². The molecule has 2 N–H and O–H groups in total. The average molecular weight is 274 g/mol. The van der Waals surface area contributed by atoms with Gasteiger partial charge in [0.15, 0.2) is 0 Å². The molecule has 0 amide bonds. The second kappa shape index (κ2) is 7.82. The van der Waals surface area contributed by atoms with Crippen LogP contribution in [0.4, 0.5) is 0 Å².